The molecule has 0 aromatic rings. The van der Waals surface area contributed by atoms with Crippen LogP contribution in [0.15, 0.2) is 10.1 Å². The summed E-state index contributed by atoms with van der Waals surface area (Å²) in [5, 5.41) is 0. The first-order chi connectivity index (χ1) is 5.29. The summed E-state index contributed by atoms with van der Waals surface area (Å²) in [6.07, 6.45) is 6.57. The molecule has 0 aromatic heterocycles. The van der Waals surface area contributed by atoms with Crippen LogP contribution in [0.3, 0.4) is 0 Å². The first-order valence-electron chi connectivity index (χ1n) is 4.33. The fraction of sp³-hybridized carbons (Fsp3) is 0.778. The second-order valence-electron chi connectivity index (χ2n) is 3.62. The summed E-state index contributed by atoms with van der Waals surface area (Å²) < 4.78 is 0.555. The molecule has 0 aliphatic heterocycles. The molecule has 0 N–H and O–H groups in total. The van der Waals surface area contributed by atoms with Crippen LogP contribution in [0.5, 0.6) is 0 Å². The molecule has 0 unspecified atom stereocenters. The molecule has 0 amide bonds. The standard InChI is InChI=1S/C9H12Cl2/c10-9(11)8-5-4-6-2-1-3-7(6)8/h6-7H,1-5H2/t6-,7+/m0/s1. The van der Waals surface area contributed by atoms with Gasteiger partial charge < -0.3 is 0 Å². The van der Waals surface area contributed by atoms with E-state index in [-0.39, 0.29) is 0 Å². The van der Waals surface area contributed by atoms with Crippen LogP contribution in [-0.2, 0) is 0 Å². The summed E-state index contributed by atoms with van der Waals surface area (Å²) in [7, 11) is 0. The lowest BCUT2D eigenvalue weighted by molar-refractivity contribution is 0.491. The highest BCUT2D eigenvalue weighted by Crippen LogP contribution is 2.49. The lowest BCUT2D eigenvalue weighted by Crippen LogP contribution is -1.99. The molecule has 2 heteroatoms. The quantitative estimate of drug-likeness (QED) is 0.544. The molecular weight excluding hydrogens is 179 g/mol. The molecule has 2 atom stereocenters. The van der Waals surface area contributed by atoms with Gasteiger partial charge in [0, 0.05) is 0 Å². The molecule has 2 aliphatic rings. The van der Waals surface area contributed by atoms with Gasteiger partial charge >= 0.3 is 0 Å². The molecule has 2 rings (SSSR count). The highest BCUT2D eigenvalue weighted by atomic mass is 35.5. The third kappa shape index (κ3) is 1.31. The number of hydrogen-bond donors (Lipinski definition) is 0. The van der Waals surface area contributed by atoms with Crippen molar-refractivity contribution in [1.29, 1.82) is 0 Å². The minimum absolute atomic E-state index is 0.555. The van der Waals surface area contributed by atoms with Gasteiger partial charge in [-0.15, -0.1) is 0 Å². The van der Waals surface area contributed by atoms with Gasteiger partial charge in [-0.2, -0.15) is 0 Å². The fourth-order valence-corrected chi connectivity index (χ4v) is 3.07. The number of halogens is 2. The Bertz CT molecular complexity index is 192. The molecule has 0 aromatic carbocycles. The largest absolute Gasteiger partial charge is 0.106 e. The van der Waals surface area contributed by atoms with E-state index in [1.54, 1.807) is 0 Å². The zero-order valence-corrected chi connectivity index (χ0v) is 7.96. The highest BCUT2D eigenvalue weighted by molar-refractivity contribution is 6.56. The molecule has 0 spiro atoms. The highest BCUT2D eigenvalue weighted by Gasteiger charge is 2.36. The molecule has 2 saturated carbocycles. The molecule has 0 heterocycles. The van der Waals surface area contributed by atoms with Crippen LogP contribution < -0.4 is 0 Å². The van der Waals surface area contributed by atoms with Crippen LogP contribution in [0.2, 0.25) is 0 Å². The lowest BCUT2D eigenvalue weighted by Gasteiger charge is -2.09. The van der Waals surface area contributed by atoms with E-state index in [0.717, 1.165) is 18.3 Å². The minimum atomic E-state index is 0.555. The molecule has 11 heavy (non-hydrogen) atoms. The van der Waals surface area contributed by atoms with Crippen molar-refractivity contribution in [3.63, 3.8) is 0 Å². The van der Waals surface area contributed by atoms with E-state index in [9.17, 15) is 0 Å². The Morgan fingerprint density at radius 2 is 2.00 bits per heavy atom. The smallest absolute Gasteiger partial charge is 0.0709 e. The maximum Gasteiger partial charge on any atom is 0.106 e. The van der Waals surface area contributed by atoms with Crippen LogP contribution >= 0.6 is 23.2 Å². The third-order valence-electron chi connectivity index (χ3n) is 3.13. The topological polar surface area (TPSA) is 0 Å². The van der Waals surface area contributed by atoms with Gasteiger partial charge in [0.15, 0.2) is 0 Å². The maximum absolute atomic E-state index is 5.80. The predicted octanol–water partition coefficient (Wildman–Crippen LogP) is 3.89. The molecule has 2 aliphatic carbocycles. The van der Waals surface area contributed by atoms with Crippen molar-refractivity contribution in [1.82, 2.24) is 0 Å². The van der Waals surface area contributed by atoms with Crippen LogP contribution in [0, 0.1) is 11.8 Å². The summed E-state index contributed by atoms with van der Waals surface area (Å²) in [5.74, 6) is 1.66. The second kappa shape index (κ2) is 2.99. The first kappa shape index (κ1) is 7.94. The van der Waals surface area contributed by atoms with E-state index in [4.69, 9.17) is 23.2 Å². The zero-order valence-electron chi connectivity index (χ0n) is 6.45. The number of fused-ring (bicyclic) bond motifs is 1. The second-order valence-corrected chi connectivity index (χ2v) is 4.57. The summed E-state index contributed by atoms with van der Waals surface area (Å²) in [6, 6.07) is 0. The van der Waals surface area contributed by atoms with Crippen LogP contribution in [0.1, 0.15) is 32.1 Å². The normalized spacial score (nSPS) is 36.0. The maximum atomic E-state index is 5.80. The van der Waals surface area contributed by atoms with Crippen molar-refractivity contribution in [3.05, 3.63) is 10.1 Å². The van der Waals surface area contributed by atoms with E-state index in [0.29, 0.717) is 4.49 Å². The van der Waals surface area contributed by atoms with Gasteiger partial charge in [-0.1, -0.05) is 29.6 Å². The van der Waals surface area contributed by atoms with Crippen molar-refractivity contribution >= 4 is 23.2 Å². The molecular formula is C9H12Cl2. The van der Waals surface area contributed by atoms with Gasteiger partial charge in [0.1, 0.15) is 4.49 Å². The van der Waals surface area contributed by atoms with Crippen molar-refractivity contribution in [2.75, 3.05) is 0 Å². The molecule has 0 saturated heterocycles. The van der Waals surface area contributed by atoms with Gasteiger partial charge in [-0.05, 0) is 43.1 Å². The molecule has 0 nitrogen and oxygen atoms in total. The number of hydrogen-bond acceptors (Lipinski definition) is 0. The zero-order chi connectivity index (χ0) is 7.84. The van der Waals surface area contributed by atoms with Crippen molar-refractivity contribution < 1.29 is 0 Å². The van der Waals surface area contributed by atoms with E-state index in [1.165, 1.54) is 31.3 Å². The van der Waals surface area contributed by atoms with Crippen molar-refractivity contribution in [2.24, 2.45) is 11.8 Å². The van der Waals surface area contributed by atoms with E-state index < -0.39 is 0 Å². The van der Waals surface area contributed by atoms with Gasteiger partial charge in [0.25, 0.3) is 0 Å². The van der Waals surface area contributed by atoms with Crippen molar-refractivity contribution in [3.8, 4) is 0 Å². The van der Waals surface area contributed by atoms with Crippen LogP contribution in [0.25, 0.3) is 0 Å². The molecule has 0 radical (unpaired) electrons. The Balaban J connectivity index is 2.21. The van der Waals surface area contributed by atoms with E-state index >= 15 is 0 Å². The van der Waals surface area contributed by atoms with Crippen LogP contribution in [-0.4, -0.2) is 0 Å². The first-order valence-corrected chi connectivity index (χ1v) is 5.08. The van der Waals surface area contributed by atoms with Gasteiger partial charge in [0.05, 0.1) is 0 Å². The molecule has 2 fully saturated rings. The predicted molar refractivity (Wildman–Crippen MR) is 48.8 cm³/mol. The van der Waals surface area contributed by atoms with E-state index in [2.05, 4.69) is 0 Å². The van der Waals surface area contributed by atoms with Gasteiger partial charge in [-0.25, -0.2) is 0 Å². The molecule has 62 valence electrons. The third-order valence-corrected chi connectivity index (χ3v) is 3.62. The Morgan fingerprint density at radius 1 is 1.18 bits per heavy atom. The van der Waals surface area contributed by atoms with Crippen molar-refractivity contribution in [2.45, 2.75) is 32.1 Å². The lowest BCUT2D eigenvalue weighted by atomic mass is 9.98. The summed E-state index contributed by atoms with van der Waals surface area (Å²) >= 11 is 11.6. The monoisotopic (exact) mass is 190 g/mol. The van der Waals surface area contributed by atoms with Gasteiger partial charge in [0.2, 0.25) is 0 Å². The van der Waals surface area contributed by atoms with E-state index in [1.807, 2.05) is 0 Å². The summed E-state index contributed by atoms with van der Waals surface area (Å²) in [5.41, 5.74) is 1.34. The summed E-state index contributed by atoms with van der Waals surface area (Å²) in [6.45, 7) is 0. The average molecular weight is 191 g/mol. The Labute approximate surface area is 77.6 Å². The Morgan fingerprint density at radius 3 is 2.73 bits per heavy atom. The van der Waals surface area contributed by atoms with Gasteiger partial charge in [-0.3, -0.25) is 0 Å². The summed E-state index contributed by atoms with van der Waals surface area (Å²) in [4.78, 5) is 0. The minimum Gasteiger partial charge on any atom is -0.0709 e. The number of rotatable bonds is 0. The number of allylic oxidation sites excluding steroid dienone is 1. The molecule has 0 bridgehead atoms. The Hall–Kier alpha value is 0.320. The SMILES string of the molecule is ClC(Cl)=C1CC[C@@H]2CCC[C@@H]12. The van der Waals surface area contributed by atoms with Crippen LogP contribution in [0.4, 0.5) is 0 Å². The Kier molecular flexibility index (Phi) is 2.16. The fourth-order valence-electron chi connectivity index (χ4n) is 2.60. The average Bonchev–Trinajstić information content (AvgIpc) is 2.41.